The topological polar surface area (TPSA) is 51.5 Å². The summed E-state index contributed by atoms with van der Waals surface area (Å²) in [5.41, 5.74) is 2.09. The first-order chi connectivity index (χ1) is 11.7. The molecule has 0 bridgehead atoms. The van der Waals surface area contributed by atoms with Crippen LogP contribution in [0.5, 0.6) is 0 Å². The van der Waals surface area contributed by atoms with Gasteiger partial charge in [-0.15, -0.1) is 0 Å². The molecule has 1 atom stereocenters. The Hall–Kier alpha value is -1.41. The lowest BCUT2D eigenvalue weighted by Crippen LogP contribution is -2.42. The largest absolute Gasteiger partial charge is 0.330 e. The molecule has 0 aromatic heterocycles. The zero-order chi connectivity index (χ0) is 17.8. The van der Waals surface area contributed by atoms with Gasteiger partial charge in [-0.3, -0.25) is 0 Å². The molecule has 1 rings (SSSR count). The van der Waals surface area contributed by atoms with E-state index in [-0.39, 0.29) is 5.92 Å². The van der Waals surface area contributed by atoms with Crippen molar-refractivity contribution in [2.75, 3.05) is 21.3 Å². The second-order valence-corrected chi connectivity index (χ2v) is 6.05. The molecule has 134 valence electrons. The van der Waals surface area contributed by atoms with Gasteiger partial charge in [0.15, 0.2) is 0 Å². The van der Waals surface area contributed by atoms with Crippen LogP contribution in [-0.2, 0) is 20.6 Å². The van der Waals surface area contributed by atoms with Crippen molar-refractivity contribution in [3.05, 3.63) is 35.4 Å². The summed E-state index contributed by atoms with van der Waals surface area (Å²) >= 11 is 0. The van der Waals surface area contributed by atoms with E-state index in [0.717, 1.165) is 24.0 Å². The number of methoxy groups -OCH3 is 3. The van der Waals surface area contributed by atoms with Gasteiger partial charge in [-0.05, 0) is 17.5 Å². The van der Waals surface area contributed by atoms with E-state index in [1.807, 2.05) is 12.1 Å². The highest BCUT2D eigenvalue weighted by Crippen LogP contribution is 2.37. The first-order valence-corrected chi connectivity index (χ1v) is 8.78. The van der Waals surface area contributed by atoms with Crippen molar-refractivity contribution >= 4 is 0 Å². The first kappa shape index (κ1) is 20.6. The Kier molecular flexibility index (Phi) is 9.63. The third-order valence-electron chi connectivity index (χ3n) is 4.51. The number of hydrogen-bond acceptors (Lipinski definition) is 4. The molecule has 0 saturated heterocycles. The monoisotopic (exact) mass is 333 g/mol. The standard InChI is InChI=1S/C20H31NO3/c1-5-6-7-8-9-13-19(20(22-2,23-3)24-4)18-12-10-11-17(16-18)14-15-21/h10-12,16,19H,5-9,13-14H2,1-4H3. The van der Waals surface area contributed by atoms with Gasteiger partial charge in [-0.25, -0.2) is 0 Å². The normalized spacial score (nSPS) is 12.8. The molecule has 0 saturated carbocycles. The second kappa shape index (κ2) is 11.2. The van der Waals surface area contributed by atoms with E-state index < -0.39 is 5.97 Å². The molecular weight excluding hydrogens is 302 g/mol. The van der Waals surface area contributed by atoms with Crippen LogP contribution in [0.2, 0.25) is 0 Å². The Balaban J connectivity index is 2.99. The average Bonchev–Trinajstić information content (AvgIpc) is 2.62. The Morgan fingerprint density at radius 2 is 1.71 bits per heavy atom. The van der Waals surface area contributed by atoms with E-state index in [1.54, 1.807) is 21.3 Å². The molecule has 24 heavy (non-hydrogen) atoms. The number of benzene rings is 1. The molecule has 0 N–H and O–H groups in total. The average molecular weight is 333 g/mol. The fraction of sp³-hybridized carbons (Fsp3) is 0.650. The molecule has 1 aromatic carbocycles. The SMILES string of the molecule is CCCCCCCC(c1cccc(CC#N)c1)C(OC)(OC)OC. The lowest BCUT2D eigenvalue weighted by molar-refractivity contribution is -0.365. The molecule has 0 aliphatic rings. The van der Waals surface area contributed by atoms with E-state index in [2.05, 4.69) is 25.1 Å². The molecule has 4 heteroatoms. The van der Waals surface area contributed by atoms with Crippen LogP contribution in [0, 0.1) is 11.3 Å². The lowest BCUT2D eigenvalue weighted by Gasteiger charge is -2.37. The van der Waals surface area contributed by atoms with E-state index in [1.165, 1.54) is 25.7 Å². The van der Waals surface area contributed by atoms with Gasteiger partial charge in [-0.2, -0.15) is 5.26 Å². The van der Waals surface area contributed by atoms with Gasteiger partial charge in [0.25, 0.3) is 5.97 Å². The molecular formula is C20H31NO3. The predicted octanol–water partition coefficient (Wildman–Crippen LogP) is 4.79. The number of unbranched alkanes of at least 4 members (excludes halogenated alkanes) is 4. The Labute approximate surface area is 146 Å². The summed E-state index contributed by atoms with van der Waals surface area (Å²) in [6.07, 6.45) is 7.34. The molecule has 0 amide bonds. The van der Waals surface area contributed by atoms with E-state index in [4.69, 9.17) is 19.5 Å². The predicted molar refractivity (Wildman–Crippen MR) is 95.6 cm³/mol. The zero-order valence-electron chi connectivity index (χ0n) is 15.5. The maximum absolute atomic E-state index is 8.95. The molecule has 0 fully saturated rings. The van der Waals surface area contributed by atoms with E-state index >= 15 is 0 Å². The highest BCUT2D eigenvalue weighted by Gasteiger charge is 2.40. The number of nitriles is 1. The quantitative estimate of drug-likeness (QED) is 0.407. The van der Waals surface area contributed by atoms with Crippen LogP contribution in [-0.4, -0.2) is 27.3 Å². The number of nitrogens with zero attached hydrogens (tertiary/aromatic N) is 1. The van der Waals surface area contributed by atoms with Crippen LogP contribution in [0.25, 0.3) is 0 Å². The van der Waals surface area contributed by atoms with Crippen molar-refractivity contribution < 1.29 is 14.2 Å². The third kappa shape index (κ3) is 5.59. The van der Waals surface area contributed by atoms with Gasteiger partial charge >= 0.3 is 0 Å². The maximum Gasteiger partial charge on any atom is 0.289 e. The molecule has 1 unspecified atom stereocenters. The summed E-state index contributed by atoms with van der Waals surface area (Å²) in [6.45, 7) is 2.22. The van der Waals surface area contributed by atoms with Gasteiger partial charge in [0.1, 0.15) is 0 Å². The van der Waals surface area contributed by atoms with Crippen LogP contribution in [0.15, 0.2) is 24.3 Å². The summed E-state index contributed by atoms with van der Waals surface area (Å²) in [5, 5.41) is 8.95. The summed E-state index contributed by atoms with van der Waals surface area (Å²) in [4.78, 5) is 0. The summed E-state index contributed by atoms with van der Waals surface area (Å²) < 4.78 is 16.9. The Bertz CT molecular complexity index is 498. The van der Waals surface area contributed by atoms with Crippen molar-refractivity contribution in [2.45, 2.75) is 63.8 Å². The van der Waals surface area contributed by atoms with Gasteiger partial charge in [0.05, 0.1) is 18.4 Å². The van der Waals surface area contributed by atoms with E-state index in [9.17, 15) is 0 Å². The fourth-order valence-electron chi connectivity index (χ4n) is 3.19. The maximum atomic E-state index is 8.95. The summed E-state index contributed by atoms with van der Waals surface area (Å²) in [7, 11) is 4.82. The Morgan fingerprint density at radius 1 is 1.04 bits per heavy atom. The molecule has 4 nitrogen and oxygen atoms in total. The first-order valence-electron chi connectivity index (χ1n) is 8.78. The smallest absolute Gasteiger partial charge is 0.289 e. The van der Waals surface area contributed by atoms with Crippen molar-refractivity contribution in [1.29, 1.82) is 5.26 Å². The molecule has 0 spiro atoms. The van der Waals surface area contributed by atoms with Crippen molar-refractivity contribution in [2.24, 2.45) is 0 Å². The van der Waals surface area contributed by atoms with E-state index in [0.29, 0.717) is 6.42 Å². The van der Waals surface area contributed by atoms with Gasteiger partial charge in [-0.1, -0.05) is 63.3 Å². The van der Waals surface area contributed by atoms with Crippen molar-refractivity contribution in [3.8, 4) is 6.07 Å². The second-order valence-electron chi connectivity index (χ2n) is 6.05. The fourth-order valence-corrected chi connectivity index (χ4v) is 3.19. The summed E-state index contributed by atoms with van der Waals surface area (Å²) in [5.74, 6) is -1.14. The lowest BCUT2D eigenvalue weighted by atomic mass is 9.89. The molecule has 0 radical (unpaired) electrons. The summed E-state index contributed by atoms with van der Waals surface area (Å²) in [6, 6.07) is 10.3. The van der Waals surface area contributed by atoms with Crippen LogP contribution < -0.4 is 0 Å². The zero-order valence-corrected chi connectivity index (χ0v) is 15.5. The molecule has 0 aliphatic heterocycles. The number of rotatable bonds is 12. The minimum atomic E-state index is -1.10. The number of ether oxygens (including phenoxy) is 3. The van der Waals surface area contributed by atoms with Gasteiger partial charge < -0.3 is 14.2 Å². The van der Waals surface area contributed by atoms with Crippen LogP contribution in [0.4, 0.5) is 0 Å². The minimum Gasteiger partial charge on any atom is -0.330 e. The highest BCUT2D eigenvalue weighted by molar-refractivity contribution is 5.29. The number of hydrogen-bond donors (Lipinski definition) is 0. The Morgan fingerprint density at radius 3 is 2.29 bits per heavy atom. The minimum absolute atomic E-state index is 0.0437. The molecule has 0 heterocycles. The van der Waals surface area contributed by atoms with Crippen molar-refractivity contribution in [1.82, 2.24) is 0 Å². The van der Waals surface area contributed by atoms with Crippen molar-refractivity contribution in [3.63, 3.8) is 0 Å². The molecule has 0 aliphatic carbocycles. The van der Waals surface area contributed by atoms with Crippen LogP contribution in [0.3, 0.4) is 0 Å². The molecule has 1 aromatic rings. The van der Waals surface area contributed by atoms with Crippen LogP contribution >= 0.6 is 0 Å². The highest BCUT2D eigenvalue weighted by atomic mass is 16.9. The van der Waals surface area contributed by atoms with Crippen LogP contribution in [0.1, 0.15) is 62.5 Å². The van der Waals surface area contributed by atoms with Gasteiger partial charge in [0, 0.05) is 21.3 Å². The van der Waals surface area contributed by atoms with Gasteiger partial charge in [0.2, 0.25) is 0 Å². The third-order valence-corrected chi connectivity index (χ3v) is 4.51.